The van der Waals surface area contributed by atoms with Crippen LogP contribution in [0.25, 0.3) is 5.69 Å². The quantitative estimate of drug-likeness (QED) is 0.760. The van der Waals surface area contributed by atoms with Crippen molar-refractivity contribution >= 4 is 11.6 Å². The van der Waals surface area contributed by atoms with Crippen molar-refractivity contribution in [2.24, 2.45) is 0 Å². The van der Waals surface area contributed by atoms with E-state index in [0.29, 0.717) is 0 Å². The summed E-state index contributed by atoms with van der Waals surface area (Å²) in [5, 5.41) is 4.83. The largest absolute Gasteiger partial charge is 0.223 e. The van der Waals surface area contributed by atoms with Gasteiger partial charge < -0.3 is 0 Å². The fourth-order valence-electron chi connectivity index (χ4n) is 1.60. The molecular formula is C12H14ClN3. The van der Waals surface area contributed by atoms with E-state index in [1.807, 2.05) is 18.2 Å². The van der Waals surface area contributed by atoms with Crippen molar-refractivity contribution in [1.29, 1.82) is 0 Å². The Morgan fingerprint density at radius 2 is 2.00 bits per heavy atom. The zero-order chi connectivity index (χ0) is 11.8. The molecule has 16 heavy (non-hydrogen) atoms. The molecule has 0 bridgehead atoms. The van der Waals surface area contributed by atoms with Crippen LogP contribution in [0.4, 0.5) is 0 Å². The van der Waals surface area contributed by atoms with Gasteiger partial charge >= 0.3 is 0 Å². The van der Waals surface area contributed by atoms with Crippen LogP contribution in [0.15, 0.2) is 30.9 Å². The molecule has 1 heterocycles. The van der Waals surface area contributed by atoms with E-state index < -0.39 is 0 Å². The molecule has 0 unspecified atom stereocenters. The van der Waals surface area contributed by atoms with Gasteiger partial charge in [0.05, 0.1) is 5.69 Å². The van der Waals surface area contributed by atoms with E-state index in [0.717, 1.165) is 16.3 Å². The Morgan fingerprint density at radius 3 is 2.50 bits per heavy atom. The minimum atomic E-state index is 0.0536. The fourth-order valence-corrected chi connectivity index (χ4v) is 2.05. The van der Waals surface area contributed by atoms with Crippen LogP contribution in [0.5, 0.6) is 0 Å². The minimum Gasteiger partial charge on any atom is -0.223 e. The monoisotopic (exact) mass is 235 g/mol. The number of hydrogen-bond acceptors (Lipinski definition) is 2. The van der Waals surface area contributed by atoms with Crippen molar-refractivity contribution in [2.75, 3.05) is 0 Å². The molecule has 0 radical (unpaired) electrons. The highest BCUT2D eigenvalue weighted by atomic mass is 35.5. The third kappa shape index (κ3) is 2.09. The lowest BCUT2D eigenvalue weighted by Gasteiger charge is -2.20. The lowest BCUT2D eigenvalue weighted by molar-refractivity contribution is 0.590. The van der Waals surface area contributed by atoms with Crippen LogP contribution in [0.2, 0.25) is 5.02 Å². The summed E-state index contributed by atoms with van der Waals surface area (Å²) in [7, 11) is 0. The summed E-state index contributed by atoms with van der Waals surface area (Å²) in [4.78, 5) is 3.91. The molecule has 2 rings (SSSR count). The first-order chi connectivity index (χ1) is 7.48. The van der Waals surface area contributed by atoms with E-state index in [1.54, 1.807) is 11.0 Å². The first-order valence-electron chi connectivity index (χ1n) is 5.13. The third-order valence-electron chi connectivity index (χ3n) is 2.44. The molecule has 4 heteroatoms. The van der Waals surface area contributed by atoms with Gasteiger partial charge in [0.1, 0.15) is 12.7 Å². The van der Waals surface area contributed by atoms with Crippen molar-refractivity contribution in [2.45, 2.75) is 26.2 Å². The molecule has 0 saturated heterocycles. The second-order valence-electron chi connectivity index (χ2n) is 4.75. The van der Waals surface area contributed by atoms with Gasteiger partial charge in [-0.25, -0.2) is 9.67 Å². The van der Waals surface area contributed by atoms with Gasteiger partial charge in [0.25, 0.3) is 0 Å². The molecule has 0 saturated carbocycles. The van der Waals surface area contributed by atoms with E-state index >= 15 is 0 Å². The van der Waals surface area contributed by atoms with Crippen LogP contribution in [0.1, 0.15) is 26.3 Å². The molecule has 1 aromatic heterocycles. The molecule has 0 atom stereocenters. The summed E-state index contributed by atoms with van der Waals surface area (Å²) >= 11 is 6.27. The van der Waals surface area contributed by atoms with Gasteiger partial charge in [-0.2, -0.15) is 5.10 Å². The molecule has 3 nitrogen and oxygen atoms in total. The van der Waals surface area contributed by atoms with Crippen LogP contribution < -0.4 is 0 Å². The van der Waals surface area contributed by atoms with Crippen LogP contribution in [0, 0.1) is 0 Å². The second kappa shape index (κ2) is 3.91. The summed E-state index contributed by atoms with van der Waals surface area (Å²) in [5.74, 6) is 0. The fraction of sp³-hybridized carbons (Fsp3) is 0.333. The van der Waals surface area contributed by atoms with Crippen LogP contribution >= 0.6 is 11.6 Å². The number of rotatable bonds is 1. The average molecular weight is 236 g/mol. The summed E-state index contributed by atoms with van der Waals surface area (Å²) in [5.41, 5.74) is 2.12. The van der Waals surface area contributed by atoms with Crippen molar-refractivity contribution in [3.63, 3.8) is 0 Å². The normalized spacial score (nSPS) is 11.8. The van der Waals surface area contributed by atoms with Gasteiger partial charge in [-0.05, 0) is 23.1 Å². The summed E-state index contributed by atoms with van der Waals surface area (Å²) in [6.07, 6.45) is 3.16. The molecule has 0 fully saturated rings. The van der Waals surface area contributed by atoms with Crippen molar-refractivity contribution in [3.8, 4) is 5.69 Å². The highest BCUT2D eigenvalue weighted by Gasteiger charge is 2.17. The number of aromatic nitrogens is 3. The molecule has 0 N–H and O–H groups in total. The Morgan fingerprint density at radius 1 is 1.25 bits per heavy atom. The number of halogens is 1. The van der Waals surface area contributed by atoms with Gasteiger partial charge in [-0.1, -0.05) is 38.4 Å². The summed E-state index contributed by atoms with van der Waals surface area (Å²) in [6.45, 7) is 6.43. The highest BCUT2D eigenvalue weighted by Crippen LogP contribution is 2.30. The first-order valence-corrected chi connectivity index (χ1v) is 5.51. The number of hydrogen-bond donors (Lipinski definition) is 0. The molecule has 0 aliphatic rings. The topological polar surface area (TPSA) is 30.7 Å². The highest BCUT2D eigenvalue weighted by molar-refractivity contribution is 6.31. The van der Waals surface area contributed by atoms with Gasteiger partial charge in [0, 0.05) is 5.02 Å². The van der Waals surface area contributed by atoms with Gasteiger partial charge in [0.15, 0.2) is 0 Å². The lowest BCUT2D eigenvalue weighted by Crippen LogP contribution is -2.12. The molecule has 0 amide bonds. The third-order valence-corrected chi connectivity index (χ3v) is 2.76. The van der Waals surface area contributed by atoms with E-state index in [9.17, 15) is 0 Å². The Bertz CT molecular complexity index is 483. The van der Waals surface area contributed by atoms with Crippen LogP contribution in [-0.4, -0.2) is 14.8 Å². The molecule has 1 aromatic carbocycles. The minimum absolute atomic E-state index is 0.0536. The van der Waals surface area contributed by atoms with Gasteiger partial charge in [-0.3, -0.25) is 0 Å². The predicted octanol–water partition coefficient (Wildman–Crippen LogP) is 3.22. The molecular weight excluding hydrogens is 222 g/mol. The van der Waals surface area contributed by atoms with Crippen molar-refractivity contribution in [1.82, 2.24) is 14.8 Å². The molecule has 84 valence electrons. The molecule has 0 aliphatic heterocycles. The Kier molecular flexibility index (Phi) is 2.72. The Balaban J connectivity index is 2.45. The smallest absolute Gasteiger partial charge is 0.138 e. The summed E-state index contributed by atoms with van der Waals surface area (Å²) in [6, 6.07) is 5.96. The van der Waals surface area contributed by atoms with E-state index in [-0.39, 0.29) is 5.41 Å². The van der Waals surface area contributed by atoms with E-state index in [4.69, 9.17) is 11.6 Å². The molecule has 0 spiro atoms. The maximum atomic E-state index is 6.27. The first kappa shape index (κ1) is 11.1. The van der Waals surface area contributed by atoms with Crippen molar-refractivity contribution in [3.05, 3.63) is 41.4 Å². The lowest BCUT2D eigenvalue weighted by atomic mass is 9.87. The van der Waals surface area contributed by atoms with E-state index in [1.165, 1.54) is 6.33 Å². The predicted molar refractivity (Wildman–Crippen MR) is 65.1 cm³/mol. The SMILES string of the molecule is CC(C)(C)c1ccc(-n2cncn2)cc1Cl. The Hall–Kier alpha value is -1.35. The maximum Gasteiger partial charge on any atom is 0.138 e. The molecule has 2 aromatic rings. The Labute approximate surface area is 100 Å². The van der Waals surface area contributed by atoms with E-state index in [2.05, 4.69) is 30.9 Å². The van der Waals surface area contributed by atoms with Crippen LogP contribution in [-0.2, 0) is 5.41 Å². The van der Waals surface area contributed by atoms with Gasteiger partial charge in [0.2, 0.25) is 0 Å². The average Bonchev–Trinajstić information content (AvgIpc) is 2.68. The van der Waals surface area contributed by atoms with Crippen LogP contribution in [0.3, 0.4) is 0 Å². The second-order valence-corrected chi connectivity index (χ2v) is 5.16. The summed E-state index contributed by atoms with van der Waals surface area (Å²) < 4.78 is 1.69. The maximum absolute atomic E-state index is 6.27. The zero-order valence-electron chi connectivity index (χ0n) is 9.61. The van der Waals surface area contributed by atoms with Gasteiger partial charge in [-0.15, -0.1) is 0 Å². The molecule has 0 aliphatic carbocycles. The number of benzene rings is 1. The number of nitrogens with zero attached hydrogens (tertiary/aromatic N) is 3. The zero-order valence-corrected chi connectivity index (χ0v) is 10.4. The standard InChI is InChI=1S/C12H14ClN3/c1-12(2,3)10-5-4-9(6-11(10)13)16-8-14-7-15-16/h4-8H,1-3H3. The van der Waals surface area contributed by atoms with Crippen molar-refractivity contribution < 1.29 is 0 Å².